The van der Waals surface area contributed by atoms with Gasteiger partial charge in [0.2, 0.25) is 5.91 Å². The zero-order chi connectivity index (χ0) is 19.5. The van der Waals surface area contributed by atoms with Crippen molar-refractivity contribution in [3.8, 4) is 5.75 Å². The fourth-order valence-electron chi connectivity index (χ4n) is 2.28. The van der Waals surface area contributed by atoms with E-state index in [0.717, 1.165) is 29.6 Å². The van der Waals surface area contributed by atoms with Crippen LogP contribution in [0.15, 0.2) is 35.5 Å². The van der Waals surface area contributed by atoms with Gasteiger partial charge in [0.1, 0.15) is 17.4 Å². The highest BCUT2D eigenvalue weighted by atomic mass is 32.1. The van der Waals surface area contributed by atoms with Crippen molar-refractivity contribution in [1.29, 1.82) is 0 Å². The van der Waals surface area contributed by atoms with Crippen LogP contribution in [0.1, 0.15) is 30.7 Å². The first kappa shape index (κ1) is 20.7. The number of benzene rings is 1. The molecule has 27 heavy (non-hydrogen) atoms. The lowest BCUT2D eigenvalue weighted by atomic mass is 10.3. The first-order valence-electron chi connectivity index (χ1n) is 9.07. The fraction of sp³-hybridized carbons (Fsp3) is 0.421. The summed E-state index contributed by atoms with van der Waals surface area (Å²) in [4.78, 5) is 21.3. The number of guanidine groups is 1. The van der Waals surface area contributed by atoms with Gasteiger partial charge in [-0.2, -0.15) is 0 Å². The van der Waals surface area contributed by atoms with Crippen LogP contribution in [0.4, 0.5) is 5.69 Å². The molecular weight excluding hydrogens is 362 g/mol. The normalized spacial score (nSPS) is 11.1. The second-order valence-corrected chi connectivity index (χ2v) is 6.95. The number of ether oxygens (including phenoxy) is 1. The zero-order valence-corrected chi connectivity index (χ0v) is 16.9. The first-order valence-corrected chi connectivity index (χ1v) is 9.88. The van der Waals surface area contributed by atoms with Crippen LogP contribution in [0.25, 0.3) is 0 Å². The number of carbonyl (C=O) groups is 1. The second kappa shape index (κ2) is 11.2. The molecule has 0 atom stereocenters. The van der Waals surface area contributed by atoms with Crippen LogP contribution >= 0.6 is 11.3 Å². The average Bonchev–Trinajstić information content (AvgIpc) is 3.11. The number of nitrogens with one attached hydrogen (secondary N) is 3. The molecule has 146 valence electrons. The Bertz CT molecular complexity index is 760. The van der Waals surface area contributed by atoms with Crippen LogP contribution in [-0.4, -0.2) is 36.5 Å². The van der Waals surface area contributed by atoms with E-state index in [0.29, 0.717) is 25.4 Å². The van der Waals surface area contributed by atoms with Gasteiger partial charge >= 0.3 is 0 Å². The maximum absolute atomic E-state index is 11.1. The average molecular weight is 390 g/mol. The Hall–Kier alpha value is -2.61. The Morgan fingerprint density at radius 3 is 2.85 bits per heavy atom. The summed E-state index contributed by atoms with van der Waals surface area (Å²) in [5.41, 5.74) is 0.720. The number of aromatic nitrogens is 1. The molecule has 0 fully saturated rings. The van der Waals surface area contributed by atoms with Crippen molar-refractivity contribution in [3.05, 3.63) is 40.3 Å². The minimum atomic E-state index is -0.105. The number of rotatable bonds is 9. The van der Waals surface area contributed by atoms with Gasteiger partial charge in [-0.1, -0.05) is 13.0 Å². The third kappa shape index (κ3) is 7.65. The quantitative estimate of drug-likeness (QED) is 0.349. The van der Waals surface area contributed by atoms with Gasteiger partial charge in [-0.3, -0.25) is 4.79 Å². The van der Waals surface area contributed by atoms with E-state index in [1.54, 1.807) is 17.4 Å². The summed E-state index contributed by atoms with van der Waals surface area (Å²) in [5, 5.41) is 10.2. The molecule has 1 amide bonds. The van der Waals surface area contributed by atoms with Crippen molar-refractivity contribution in [2.24, 2.45) is 4.99 Å². The van der Waals surface area contributed by atoms with E-state index in [-0.39, 0.29) is 5.91 Å². The summed E-state index contributed by atoms with van der Waals surface area (Å²) in [6, 6.07) is 7.33. The van der Waals surface area contributed by atoms with Gasteiger partial charge in [0.05, 0.1) is 13.1 Å². The number of anilines is 1. The standard InChI is InChI=1S/C19H27N5O2S/c1-4-17-12-22-18(27-17)13-23-19(20-5-2)21-9-10-26-16-8-6-7-15(11-16)24-14(3)25/h6-8,11-12H,4-5,9-10,13H2,1-3H3,(H,24,25)(H2,20,21,23). The number of thiazole rings is 1. The third-order valence-electron chi connectivity index (χ3n) is 3.48. The van der Waals surface area contributed by atoms with Crippen LogP contribution in [0, 0.1) is 0 Å². The van der Waals surface area contributed by atoms with Gasteiger partial charge in [-0.15, -0.1) is 11.3 Å². The number of hydrogen-bond acceptors (Lipinski definition) is 5. The molecule has 3 N–H and O–H groups in total. The molecule has 0 unspecified atom stereocenters. The molecule has 2 aromatic rings. The molecule has 1 aromatic heterocycles. The first-order chi connectivity index (χ1) is 13.1. The molecule has 0 spiro atoms. The Morgan fingerprint density at radius 1 is 1.30 bits per heavy atom. The smallest absolute Gasteiger partial charge is 0.221 e. The molecule has 0 saturated heterocycles. The van der Waals surface area contributed by atoms with E-state index in [9.17, 15) is 4.79 Å². The number of hydrogen-bond donors (Lipinski definition) is 3. The van der Waals surface area contributed by atoms with Crippen LogP contribution in [0.2, 0.25) is 0 Å². The number of aliphatic imine (C=N–C) groups is 1. The van der Waals surface area contributed by atoms with E-state index in [4.69, 9.17) is 4.74 Å². The molecule has 0 bridgehead atoms. The number of nitrogens with zero attached hydrogens (tertiary/aromatic N) is 2. The van der Waals surface area contributed by atoms with Crippen LogP contribution < -0.4 is 20.7 Å². The van der Waals surface area contributed by atoms with Gasteiger partial charge in [-0.05, 0) is 25.5 Å². The maximum atomic E-state index is 11.1. The zero-order valence-electron chi connectivity index (χ0n) is 16.0. The fourth-order valence-corrected chi connectivity index (χ4v) is 3.07. The van der Waals surface area contributed by atoms with Crippen molar-refractivity contribution < 1.29 is 9.53 Å². The van der Waals surface area contributed by atoms with Crippen molar-refractivity contribution >= 4 is 28.9 Å². The second-order valence-electron chi connectivity index (χ2n) is 5.75. The highest BCUT2D eigenvalue weighted by molar-refractivity contribution is 7.11. The Morgan fingerprint density at radius 2 is 2.15 bits per heavy atom. The van der Waals surface area contributed by atoms with Gasteiger partial charge in [0.25, 0.3) is 0 Å². The molecule has 0 aliphatic carbocycles. The maximum Gasteiger partial charge on any atom is 0.221 e. The lowest BCUT2D eigenvalue weighted by molar-refractivity contribution is -0.114. The van der Waals surface area contributed by atoms with Crippen molar-refractivity contribution in [2.75, 3.05) is 25.0 Å². The Kier molecular flexibility index (Phi) is 8.57. The van der Waals surface area contributed by atoms with E-state index in [1.165, 1.54) is 11.8 Å². The Balaban J connectivity index is 1.80. The van der Waals surface area contributed by atoms with Crippen molar-refractivity contribution in [1.82, 2.24) is 15.6 Å². The minimum absolute atomic E-state index is 0.105. The predicted octanol–water partition coefficient (Wildman–Crippen LogP) is 2.80. The topological polar surface area (TPSA) is 87.6 Å². The summed E-state index contributed by atoms with van der Waals surface area (Å²) in [6.45, 7) is 8.05. The molecule has 0 aliphatic heterocycles. The monoisotopic (exact) mass is 389 g/mol. The van der Waals surface area contributed by atoms with Crippen LogP contribution in [0.5, 0.6) is 5.75 Å². The van der Waals surface area contributed by atoms with Gasteiger partial charge in [0, 0.05) is 36.3 Å². The predicted molar refractivity (Wildman–Crippen MR) is 111 cm³/mol. The number of aryl methyl sites for hydroxylation is 1. The third-order valence-corrected chi connectivity index (χ3v) is 4.61. The summed E-state index contributed by atoms with van der Waals surface area (Å²) in [6.07, 6.45) is 2.92. The molecule has 1 heterocycles. The van der Waals surface area contributed by atoms with Crippen LogP contribution in [0.3, 0.4) is 0 Å². The molecule has 2 rings (SSSR count). The van der Waals surface area contributed by atoms with E-state index in [1.807, 2.05) is 31.3 Å². The summed E-state index contributed by atoms with van der Waals surface area (Å²) >= 11 is 1.70. The molecule has 8 heteroatoms. The molecular formula is C19H27N5O2S. The van der Waals surface area contributed by atoms with Gasteiger partial charge in [-0.25, -0.2) is 9.98 Å². The van der Waals surface area contributed by atoms with Crippen molar-refractivity contribution in [3.63, 3.8) is 0 Å². The number of carbonyl (C=O) groups excluding carboxylic acids is 1. The largest absolute Gasteiger partial charge is 0.492 e. The van der Waals surface area contributed by atoms with Crippen LogP contribution in [-0.2, 0) is 17.8 Å². The van der Waals surface area contributed by atoms with E-state index < -0.39 is 0 Å². The molecule has 0 aliphatic rings. The number of amides is 1. The summed E-state index contributed by atoms with van der Waals surface area (Å²) < 4.78 is 5.73. The lowest BCUT2D eigenvalue weighted by Gasteiger charge is -2.12. The SMILES string of the molecule is CCNC(=NCc1ncc(CC)s1)NCCOc1cccc(NC(C)=O)c1. The minimum Gasteiger partial charge on any atom is -0.492 e. The van der Waals surface area contributed by atoms with E-state index >= 15 is 0 Å². The van der Waals surface area contributed by atoms with Gasteiger partial charge in [0.15, 0.2) is 5.96 Å². The molecule has 0 saturated carbocycles. The molecule has 1 aromatic carbocycles. The molecule has 0 radical (unpaired) electrons. The lowest BCUT2D eigenvalue weighted by Crippen LogP contribution is -2.39. The van der Waals surface area contributed by atoms with Gasteiger partial charge < -0.3 is 20.7 Å². The highest BCUT2D eigenvalue weighted by Gasteiger charge is 2.02. The highest BCUT2D eigenvalue weighted by Crippen LogP contribution is 2.17. The Labute approximate surface area is 164 Å². The van der Waals surface area contributed by atoms with Crippen molar-refractivity contribution in [2.45, 2.75) is 33.7 Å². The summed E-state index contributed by atoms with van der Waals surface area (Å²) in [7, 11) is 0. The summed E-state index contributed by atoms with van der Waals surface area (Å²) in [5.74, 6) is 1.34. The molecule has 7 nitrogen and oxygen atoms in total. The van der Waals surface area contributed by atoms with E-state index in [2.05, 4.69) is 32.9 Å².